The van der Waals surface area contributed by atoms with Gasteiger partial charge in [0, 0.05) is 25.2 Å². The van der Waals surface area contributed by atoms with Crippen LogP contribution in [0.4, 0.5) is 0 Å². The lowest BCUT2D eigenvalue weighted by Crippen LogP contribution is -2.47. The second kappa shape index (κ2) is 6.71. The first-order valence-corrected chi connectivity index (χ1v) is 7.83. The van der Waals surface area contributed by atoms with Gasteiger partial charge in [0.1, 0.15) is 0 Å². The van der Waals surface area contributed by atoms with Gasteiger partial charge in [0.2, 0.25) is 5.91 Å². The Morgan fingerprint density at radius 1 is 1.42 bits per heavy atom. The number of hydrogen-bond donors (Lipinski definition) is 2. The Morgan fingerprint density at radius 2 is 2.21 bits per heavy atom. The van der Waals surface area contributed by atoms with Gasteiger partial charge in [-0.15, -0.1) is 0 Å². The van der Waals surface area contributed by atoms with Crippen LogP contribution in [-0.4, -0.2) is 49.1 Å². The fraction of sp³-hybridized carbons (Fsp3) is 0.933. The third-order valence-electron chi connectivity index (χ3n) is 4.71. The molecule has 0 bridgehead atoms. The Balaban J connectivity index is 1.72. The normalized spacial score (nSPS) is 32.7. The van der Waals surface area contributed by atoms with E-state index in [0.717, 1.165) is 32.5 Å². The van der Waals surface area contributed by atoms with E-state index in [2.05, 4.69) is 36.3 Å². The highest BCUT2D eigenvalue weighted by molar-refractivity contribution is 5.79. The van der Waals surface area contributed by atoms with Gasteiger partial charge in [-0.2, -0.15) is 0 Å². The summed E-state index contributed by atoms with van der Waals surface area (Å²) in [6.07, 6.45) is 3.37. The number of rotatable bonds is 4. The van der Waals surface area contributed by atoms with Gasteiger partial charge in [-0.1, -0.05) is 0 Å². The van der Waals surface area contributed by atoms with E-state index in [1.54, 1.807) is 0 Å². The average molecular weight is 267 g/mol. The van der Waals surface area contributed by atoms with Crippen LogP contribution in [0.5, 0.6) is 0 Å². The zero-order chi connectivity index (χ0) is 13.8. The second-order valence-electron chi connectivity index (χ2n) is 6.48. The molecule has 2 rings (SSSR count). The van der Waals surface area contributed by atoms with Crippen molar-refractivity contribution < 1.29 is 4.79 Å². The molecule has 4 heteroatoms. The summed E-state index contributed by atoms with van der Waals surface area (Å²) in [5.41, 5.74) is 0. The van der Waals surface area contributed by atoms with Crippen LogP contribution in [0.25, 0.3) is 0 Å². The number of carbonyl (C=O) groups is 1. The maximum atomic E-state index is 12.2. The van der Waals surface area contributed by atoms with Crippen LogP contribution in [-0.2, 0) is 4.79 Å². The van der Waals surface area contributed by atoms with Gasteiger partial charge in [0.25, 0.3) is 0 Å². The Hall–Kier alpha value is -0.610. The van der Waals surface area contributed by atoms with Gasteiger partial charge in [-0.3, -0.25) is 4.79 Å². The zero-order valence-electron chi connectivity index (χ0n) is 12.6. The van der Waals surface area contributed by atoms with Gasteiger partial charge < -0.3 is 15.5 Å². The van der Waals surface area contributed by atoms with E-state index in [0.29, 0.717) is 18.0 Å². The molecular weight excluding hydrogens is 238 g/mol. The number of carbonyl (C=O) groups excluding carboxylic acids is 1. The van der Waals surface area contributed by atoms with E-state index in [4.69, 9.17) is 0 Å². The summed E-state index contributed by atoms with van der Waals surface area (Å²) in [5, 5.41) is 6.57. The highest BCUT2D eigenvalue weighted by Crippen LogP contribution is 2.19. The molecule has 2 aliphatic heterocycles. The maximum Gasteiger partial charge on any atom is 0.224 e. The molecule has 3 atom stereocenters. The van der Waals surface area contributed by atoms with Crippen molar-refractivity contribution in [2.45, 2.75) is 52.1 Å². The Bertz CT molecular complexity index is 306. The third kappa shape index (κ3) is 3.93. The van der Waals surface area contributed by atoms with Crippen molar-refractivity contribution in [2.75, 3.05) is 26.2 Å². The van der Waals surface area contributed by atoms with Crippen molar-refractivity contribution >= 4 is 5.91 Å². The van der Waals surface area contributed by atoms with Gasteiger partial charge in [0.15, 0.2) is 0 Å². The lowest BCUT2D eigenvalue weighted by molar-refractivity contribution is -0.126. The summed E-state index contributed by atoms with van der Waals surface area (Å²) in [4.78, 5) is 14.7. The standard InChI is InChI=1S/C15H29N3O/c1-11(2)18-8-6-13(10-18)9-17-15(19)14-5-4-7-16-12(14)3/h11-14,16H,4-10H2,1-3H3,(H,17,19). The van der Waals surface area contributed by atoms with E-state index in [9.17, 15) is 4.79 Å². The lowest BCUT2D eigenvalue weighted by atomic mass is 9.91. The Morgan fingerprint density at radius 3 is 2.84 bits per heavy atom. The summed E-state index contributed by atoms with van der Waals surface area (Å²) < 4.78 is 0. The van der Waals surface area contributed by atoms with Crippen LogP contribution >= 0.6 is 0 Å². The predicted molar refractivity (Wildman–Crippen MR) is 78.0 cm³/mol. The molecule has 0 aromatic heterocycles. The predicted octanol–water partition coefficient (Wildman–Crippen LogP) is 1.22. The van der Waals surface area contributed by atoms with Crippen molar-refractivity contribution in [3.05, 3.63) is 0 Å². The number of amides is 1. The van der Waals surface area contributed by atoms with Crippen molar-refractivity contribution in [1.82, 2.24) is 15.5 Å². The number of nitrogens with one attached hydrogen (secondary N) is 2. The minimum absolute atomic E-state index is 0.163. The molecule has 4 nitrogen and oxygen atoms in total. The summed E-state index contributed by atoms with van der Waals surface area (Å²) in [6.45, 7) is 10.8. The van der Waals surface area contributed by atoms with Crippen molar-refractivity contribution in [1.29, 1.82) is 0 Å². The van der Waals surface area contributed by atoms with E-state index in [-0.39, 0.29) is 11.8 Å². The molecule has 3 unspecified atom stereocenters. The number of nitrogens with zero attached hydrogens (tertiary/aromatic N) is 1. The lowest BCUT2D eigenvalue weighted by Gasteiger charge is -2.29. The number of hydrogen-bond acceptors (Lipinski definition) is 3. The highest BCUT2D eigenvalue weighted by atomic mass is 16.1. The van der Waals surface area contributed by atoms with E-state index in [1.807, 2.05) is 0 Å². The van der Waals surface area contributed by atoms with Crippen LogP contribution in [0.15, 0.2) is 0 Å². The quantitative estimate of drug-likeness (QED) is 0.805. The molecule has 2 N–H and O–H groups in total. The molecule has 0 radical (unpaired) electrons. The van der Waals surface area contributed by atoms with Gasteiger partial charge in [0.05, 0.1) is 5.92 Å². The zero-order valence-corrected chi connectivity index (χ0v) is 12.6. The van der Waals surface area contributed by atoms with E-state index >= 15 is 0 Å². The fourth-order valence-corrected chi connectivity index (χ4v) is 3.28. The summed E-state index contributed by atoms with van der Waals surface area (Å²) in [7, 11) is 0. The summed E-state index contributed by atoms with van der Waals surface area (Å²) in [6, 6.07) is 0.952. The number of piperidine rings is 1. The molecule has 2 aliphatic rings. The average Bonchev–Trinajstić information content (AvgIpc) is 2.85. The summed E-state index contributed by atoms with van der Waals surface area (Å²) >= 11 is 0. The highest BCUT2D eigenvalue weighted by Gasteiger charge is 2.29. The molecule has 19 heavy (non-hydrogen) atoms. The largest absolute Gasteiger partial charge is 0.355 e. The molecule has 2 heterocycles. The van der Waals surface area contributed by atoms with Crippen molar-refractivity contribution in [2.24, 2.45) is 11.8 Å². The van der Waals surface area contributed by atoms with Gasteiger partial charge in [-0.05, 0) is 59.0 Å². The summed E-state index contributed by atoms with van der Waals surface area (Å²) in [5.74, 6) is 1.05. The smallest absolute Gasteiger partial charge is 0.224 e. The second-order valence-corrected chi connectivity index (χ2v) is 6.48. The van der Waals surface area contributed by atoms with Crippen LogP contribution in [0, 0.1) is 11.8 Å². The molecule has 0 aromatic carbocycles. The molecule has 0 spiro atoms. The first-order chi connectivity index (χ1) is 9.08. The van der Waals surface area contributed by atoms with Crippen molar-refractivity contribution in [3.63, 3.8) is 0 Å². The fourth-order valence-electron chi connectivity index (χ4n) is 3.28. The van der Waals surface area contributed by atoms with E-state index < -0.39 is 0 Å². The molecular formula is C15H29N3O. The maximum absolute atomic E-state index is 12.2. The monoisotopic (exact) mass is 267 g/mol. The van der Waals surface area contributed by atoms with Crippen LogP contribution in [0.1, 0.15) is 40.0 Å². The van der Waals surface area contributed by atoms with Crippen LogP contribution in [0.2, 0.25) is 0 Å². The Labute approximate surface area is 117 Å². The molecule has 0 aromatic rings. The molecule has 0 saturated carbocycles. The molecule has 110 valence electrons. The third-order valence-corrected chi connectivity index (χ3v) is 4.71. The molecule has 2 fully saturated rings. The molecule has 2 saturated heterocycles. The first kappa shape index (κ1) is 14.8. The van der Waals surface area contributed by atoms with Gasteiger partial charge in [-0.25, -0.2) is 0 Å². The topological polar surface area (TPSA) is 44.4 Å². The first-order valence-electron chi connectivity index (χ1n) is 7.83. The molecule has 1 amide bonds. The minimum Gasteiger partial charge on any atom is -0.355 e. The molecule has 0 aliphatic carbocycles. The van der Waals surface area contributed by atoms with Crippen molar-refractivity contribution in [3.8, 4) is 0 Å². The van der Waals surface area contributed by atoms with Crippen LogP contribution in [0.3, 0.4) is 0 Å². The minimum atomic E-state index is 0.163. The SMILES string of the molecule is CC1NCCCC1C(=O)NCC1CCN(C(C)C)C1. The van der Waals surface area contributed by atoms with Gasteiger partial charge >= 0.3 is 0 Å². The van der Waals surface area contributed by atoms with E-state index in [1.165, 1.54) is 13.0 Å². The van der Waals surface area contributed by atoms with Crippen LogP contribution < -0.4 is 10.6 Å². The Kier molecular flexibility index (Phi) is 5.22. The number of likely N-dealkylation sites (tertiary alicyclic amines) is 1.